The van der Waals surface area contributed by atoms with E-state index >= 15 is 0 Å². The quantitative estimate of drug-likeness (QED) is 0.717. The van der Waals surface area contributed by atoms with E-state index in [1.807, 2.05) is 0 Å². The Balaban J connectivity index is 2.36. The molecule has 3 rings (SSSR count). The largest absolute Gasteiger partial charge is 0.494 e. The maximum Gasteiger partial charge on any atom is 0.450 e. The van der Waals surface area contributed by atoms with E-state index in [0.717, 1.165) is 0 Å². The lowest BCUT2D eigenvalue weighted by atomic mass is 10.1. The van der Waals surface area contributed by atoms with Gasteiger partial charge in [0.2, 0.25) is 11.2 Å². The average Bonchev–Trinajstić information content (AvgIpc) is 2.55. The predicted molar refractivity (Wildman–Crippen MR) is 81.9 cm³/mol. The topological polar surface area (TPSA) is 52.3 Å². The van der Waals surface area contributed by atoms with Crippen molar-refractivity contribution < 1.29 is 22.3 Å². The Bertz CT molecular complexity index is 933. The monoisotopic (exact) mass is 335 g/mol. The highest BCUT2D eigenvalue weighted by molar-refractivity contribution is 5.83. The molecule has 0 spiro atoms. The van der Waals surface area contributed by atoms with Crippen molar-refractivity contribution in [2.45, 2.75) is 13.1 Å². The summed E-state index contributed by atoms with van der Waals surface area (Å²) in [5.74, 6) is -1.04. The molecule has 3 aromatic rings. The van der Waals surface area contributed by atoms with Gasteiger partial charge in [-0.15, -0.1) is 0 Å². The molecule has 0 aliphatic heterocycles. The van der Waals surface area contributed by atoms with E-state index in [9.17, 15) is 18.0 Å². The number of hydrogen-bond donors (Lipinski definition) is 0. The third-order valence-corrected chi connectivity index (χ3v) is 3.35. The van der Waals surface area contributed by atoms with E-state index in [0.29, 0.717) is 12.4 Å². The highest BCUT2D eigenvalue weighted by Gasteiger charge is 2.39. The molecule has 1 aromatic carbocycles. The van der Waals surface area contributed by atoms with Crippen molar-refractivity contribution in [3.05, 3.63) is 58.6 Å². The first kappa shape index (κ1) is 16.0. The van der Waals surface area contributed by atoms with E-state index < -0.39 is 22.9 Å². The SMILES string of the molecule is CCOc1ccc2c(=O)c(-c3ccccn3)c(C(F)(F)F)oc2c1. The minimum absolute atomic E-state index is 0.0344. The minimum atomic E-state index is -4.83. The number of pyridine rings is 1. The van der Waals surface area contributed by atoms with Crippen LogP contribution >= 0.6 is 0 Å². The maximum atomic E-state index is 13.4. The normalized spacial score (nSPS) is 11.7. The van der Waals surface area contributed by atoms with Crippen LogP contribution in [-0.2, 0) is 6.18 Å². The summed E-state index contributed by atoms with van der Waals surface area (Å²) in [6.45, 7) is 2.08. The first-order chi connectivity index (χ1) is 11.4. The van der Waals surface area contributed by atoms with E-state index in [1.165, 1.54) is 36.5 Å². The average molecular weight is 335 g/mol. The van der Waals surface area contributed by atoms with Crippen LogP contribution in [0.2, 0.25) is 0 Å². The van der Waals surface area contributed by atoms with Gasteiger partial charge < -0.3 is 9.15 Å². The Morgan fingerprint density at radius 2 is 2.00 bits per heavy atom. The Morgan fingerprint density at radius 1 is 1.21 bits per heavy atom. The van der Waals surface area contributed by atoms with Crippen LogP contribution in [0.4, 0.5) is 13.2 Å². The molecule has 7 heteroatoms. The lowest BCUT2D eigenvalue weighted by Crippen LogP contribution is -2.16. The minimum Gasteiger partial charge on any atom is -0.494 e. The first-order valence-corrected chi connectivity index (χ1v) is 7.14. The van der Waals surface area contributed by atoms with Crippen LogP contribution in [0.1, 0.15) is 12.7 Å². The van der Waals surface area contributed by atoms with Gasteiger partial charge >= 0.3 is 6.18 Å². The van der Waals surface area contributed by atoms with Gasteiger partial charge in [0.05, 0.1) is 23.3 Å². The summed E-state index contributed by atoms with van der Waals surface area (Å²) >= 11 is 0. The molecule has 24 heavy (non-hydrogen) atoms. The molecule has 0 amide bonds. The van der Waals surface area contributed by atoms with E-state index in [1.54, 1.807) is 13.0 Å². The Morgan fingerprint density at radius 3 is 2.62 bits per heavy atom. The van der Waals surface area contributed by atoms with Gasteiger partial charge in [0, 0.05) is 12.3 Å². The van der Waals surface area contributed by atoms with Gasteiger partial charge in [0.1, 0.15) is 11.3 Å². The van der Waals surface area contributed by atoms with Gasteiger partial charge in [-0.3, -0.25) is 9.78 Å². The van der Waals surface area contributed by atoms with Gasteiger partial charge in [-0.05, 0) is 31.2 Å². The Labute approximate surface area is 134 Å². The lowest BCUT2D eigenvalue weighted by molar-refractivity contribution is -0.152. The molecule has 2 heterocycles. The highest BCUT2D eigenvalue weighted by atomic mass is 19.4. The second-order valence-corrected chi connectivity index (χ2v) is 4.94. The molecule has 2 aromatic heterocycles. The molecule has 0 aliphatic carbocycles. The lowest BCUT2D eigenvalue weighted by Gasteiger charge is -2.12. The van der Waals surface area contributed by atoms with Crippen molar-refractivity contribution >= 4 is 11.0 Å². The van der Waals surface area contributed by atoms with Gasteiger partial charge in [0.15, 0.2) is 0 Å². The van der Waals surface area contributed by atoms with E-state index in [-0.39, 0.29) is 16.7 Å². The smallest absolute Gasteiger partial charge is 0.450 e. The molecule has 0 unspecified atom stereocenters. The molecule has 0 aliphatic rings. The van der Waals surface area contributed by atoms with Crippen molar-refractivity contribution in [1.82, 2.24) is 4.98 Å². The molecule has 0 fully saturated rings. The van der Waals surface area contributed by atoms with Crippen molar-refractivity contribution in [2.75, 3.05) is 6.61 Å². The number of alkyl halides is 3. The summed E-state index contributed by atoms with van der Waals surface area (Å²) in [5.41, 5.74) is -1.66. The number of hydrogen-bond acceptors (Lipinski definition) is 4. The number of fused-ring (bicyclic) bond motifs is 1. The zero-order valence-corrected chi connectivity index (χ0v) is 12.6. The second-order valence-electron chi connectivity index (χ2n) is 4.94. The van der Waals surface area contributed by atoms with Crippen molar-refractivity contribution in [3.8, 4) is 17.0 Å². The second kappa shape index (κ2) is 5.99. The van der Waals surface area contributed by atoms with Gasteiger partial charge in [-0.25, -0.2) is 0 Å². The summed E-state index contributed by atoms with van der Waals surface area (Å²) in [4.78, 5) is 16.5. The summed E-state index contributed by atoms with van der Waals surface area (Å²) in [6.07, 6.45) is -3.51. The maximum absolute atomic E-state index is 13.4. The van der Waals surface area contributed by atoms with Crippen LogP contribution in [0.5, 0.6) is 5.75 Å². The van der Waals surface area contributed by atoms with Gasteiger partial charge in [-0.1, -0.05) is 6.07 Å². The number of benzene rings is 1. The third kappa shape index (κ3) is 2.84. The molecule has 0 bridgehead atoms. The number of aromatic nitrogens is 1. The van der Waals surface area contributed by atoms with Crippen molar-refractivity contribution in [1.29, 1.82) is 0 Å². The van der Waals surface area contributed by atoms with Crippen molar-refractivity contribution in [3.63, 3.8) is 0 Å². The summed E-state index contributed by atoms with van der Waals surface area (Å²) in [7, 11) is 0. The number of ether oxygens (including phenoxy) is 1. The molecule has 0 N–H and O–H groups in total. The highest BCUT2D eigenvalue weighted by Crippen LogP contribution is 2.37. The molecular formula is C17H12F3NO3. The van der Waals surface area contributed by atoms with Crippen LogP contribution in [0, 0.1) is 0 Å². The van der Waals surface area contributed by atoms with Crippen LogP contribution < -0.4 is 10.2 Å². The number of nitrogens with zero attached hydrogens (tertiary/aromatic N) is 1. The van der Waals surface area contributed by atoms with Crippen LogP contribution in [0.25, 0.3) is 22.2 Å². The summed E-state index contributed by atoms with van der Waals surface area (Å²) < 4.78 is 50.5. The van der Waals surface area contributed by atoms with Crippen LogP contribution in [0.15, 0.2) is 51.8 Å². The van der Waals surface area contributed by atoms with Gasteiger partial charge in [0.25, 0.3) is 0 Å². The molecule has 0 atom stereocenters. The standard InChI is InChI=1S/C17H12F3NO3/c1-2-23-10-6-7-11-13(9-10)24-16(17(18,19)20)14(15(11)22)12-5-3-4-8-21-12/h3-9H,2H2,1H3. The predicted octanol–water partition coefficient (Wildman–Crippen LogP) is 4.27. The number of halogens is 3. The van der Waals surface area contributed by atoms with E-state index in [2.05, 4.69) is 4.98 Å². The zero-order valence-electron chi connectivity index (χ0n) is 12.6. The fourth-order valence-corrected chi connectivity index (χ4v) is 2.37. The fourth-order valence-electron chi connectivity index (χ4n) is 2.37. The fraction of sp³-hybridized carbons (Fsp3) is 0.176. The van der Waals surface area contributed by atoms with Crippen molar-refractivity contribution in [2.24, 2.45) is 0 Å². The first-order valence-electron chi connectivity index (χ1n) is 7.14. The Kier molecular flexibility index (Phi) is 4.01. The van der Waals surface area contributed by atoms with E-state index in [4.69, 9.17) is 9.15 Å². The van der Waals surface area contributed by atoms with Crippen LogP contribution in [-0.4, -0.2) is 11.6 Å². The Hall–Kier alpha value is -2.83. The summed E-state index contributed by atoms with van der Waals surface area (Å²) in [6, 6.07) is 8.56. The van der Waals surface area contributed by atoms with Gasteiger partial charge in [-0.2, -0.15) is 13.2 Å². The number of rotatable bonds is 3. The molecule has 4 nitrogen and oxygen atoms in total. The molecule has 0 saturated heterocycles. The summed E-state index contributed by atoms with van der Waals surface area (Å²) in [5, 5.41) is 0.0344. The molecule has 124 valence electrons. The molecule has 0 radical (unpaired) electrons. The van der Waals surface area contributed by atoms with Crippen LogP contribution in [0.3, 0.4) is 0 Å². The molecule has 0 saturated carbocycles. The zero-order chi connectivity index (χ0) is 17.3. The third-order valence-electron chi connectivity index (χ3n) is 3.35. The molecular weight excluding hydrogens is 323 g/mol.